The lowest BCUT2D eigenvalue weighted by atomic mass is 10.1. The van der Waals surface area contributed by atoms with Crippen LogP contribution in [0.1, 0.15) is 50.7 Å². The molecular formula is C27H36N4O5. The van der Waals surface area contributed by atoms with E-state index in [0.717, 1.165) is 24.0 Å². The molecule has 1 N–H and O–H groups in total. The molecule has 0 spiro atoms. The Morgan fingerprint density at radius 1 is 0.861 bits per heavy atom. The molecule has 2 unspecified atom stereocenters. The van der Waals surface area contributed by atoms with E-state index in [2.05, 4.69) is 23.8 Å². The van der Waals surface area contributed by atoms with Crippen LogP contribution in [0, 0.1) is 0 Å². The second-order valence-electron chi connectivity index (χ2n) is 9.52. The summed E-state index contributed by atoms with van der Waals surface area (Å²) in [6.07, 6.45) is 5.44. The van der Waals surface area contributed by atoms with Crippen molar-refractivity contribution >= 4 is 11.8 Å². The lowest BCUT2D eigenvalue weighted by Gasteiger charge is -2.21. The van der Waals surface area contributed by atoms with Crippen molar-refractivity contribution in [3.05, 3.63) is 47.8 Å². The number of likely N-dealkylation sites (tertiary alicyclic amines) is 2. The summed E-state index contributed by atoms with van der Waals surface area (Å²) < 4.78 is 11.8. The van der Waals surface area contributed by atoms with Gasteiger partial charge in [-0.2, -0.15) is 0 Å². The van der Waals surface area contributed by atoms with Gasteiger partial charge in [-0.25, -0.2) is 9.97 Å². The van der Waals surface area contributed by atoms with Gasteiger partial charge in [-0.3, -0.25) is 9.59 Å². The summed E-state index contributed by atoms with van der Waals surface area (Å²) in [6.45, 7) is 6.18. The number of aliphatic hydroxyl groups excluding tert-OH is 1. The molecule has 2 aliphatic heterocycles. The molecular weight excluding hydrogens is 460 g/mol. The largest absolute Gasteiger partial charge is 0.472 e. The Bertz CT molecular complexity index is 932. The molecule has 2 amide bonds. The fraction of sp³-hybridized carbons (Fsp3) is 0.556. The number of hydrogen-bond acceptors (Lipinski definition) is 7. The number of nitrogens with zero attached hydrogens (tertiary/aromatic N) is 4. The molecule has 2 aromatic rings. The number of hydrogen-bond donors (Lipinski definition) is 1. The van der Waals surface area contributed by atoms with Crippen LogP contribution in [0.4, 0.5) is 0 Å². The number of aryl methyl sites for hydroxylation is 2. The summed E-state index contributed by atoms with van der Waals surface area (Å²) in [5.41, 5.74) is 2.29. The highest BCUT2D eigenvalue weighted by Gasteiger charge is 2.32. The molecule has 0 aliphatic carbocycles. The van der Waals surface area contributed by atoms with Crippen LogP contribution < -0.4 is 9.47 Å². The zero-order valence-electron chi connectivity index (χ0n) is 21.1. The number of aliphatic hydroxyl groups is 1. The molecule has 0 saturated carbocycles. The van der Waals surface area contributed by atoms with Crippen molar-refractivity contribution in [2.45, 2.75) is 70.7 Å². The molecule has 2 saturated heterocycles. The third-order valence-corrected chi connectivity index (χ3v) is 6.80. The summed E-state index contributed by atoms with van der Waals surface area (Å²) in [5, 5.41) is 10.4. The molecule has 4 heterocycles. The first-order chi connectivity index (χ1) is 17.4. The highest BCUT2D eigenvalue weighted by Crippen LogP contribution is 2.20. The Morgan fingerprint density at radius 2 is 1.31 bits per heavy atom. The fourth-order valence-electron chi connectivity index (χ4n) is 4.56. The number of amides is 2. The van der Waals surface area contributed by atoms with Crippen LogP contribution in [0.5, 0.6) is 11.8 Å². The summed E-state index contributed by atoms with van der Waals surface area (Å²) in [6, 6.07) is 7.68. The van der Waals surface area contributed by atoms with Crippen LogP contribution in [-0.4, -0.2) is 81.2 Å². The first-order valence-electron chi connectivity index (χ1n) is 12.9. The summed E-state index contributed by atoms with van der Waals surface area (Å²) >= 11 is 0. The van der Waals surface area contributed by atoms with E-state index in [1.54, 1.807) is 22.2 Å². The second-order valence-corrected chi connectivity index (χ2v) is 9.52. The van der Waals surface area contributed by atoms with Gasteiger partial charge in [0.05, 0.1) is 32.0 Å². The SMILES string of the molecule is CCc1ccc(OC2CCN(C(=O)CC(O)CC(=O)N3CCC(Oc4ccc(CC)cn4)C3)C2)nc1. The van der Waals surface area contributed by atoms with Gasteiger partial charge in [0.25, 0.3) is 0 Å². The van der Waals surface area contributed by atoms with Gasteiger partial charge in [0.2, 0.25) is 23.6 Å². The van der Waals surface area contributed by atoms with Crippen LogP contribution in [-0.2, 0) is 22.4 Å². The van der Waals surface area contributed by atoms with E-state index < -0.39 is 6.10 Å². The number of aromatic nitrogens is 2. The quantitative estimate of drug-likeness (QED) is 0.539. The summed E-state index contributed by atoms with van der Waals surface area (Å²) in [5.74, 6) is 0.775. The lowest BCUT2D eigenvalue weighted by Crippen LogP contribution is -2.36. The number of pyridine rings is 2. The standard InChI is InChI=1S/C27H36N4O5/c1-3-19-5-7-24(28-15-19)35-22-9-11-30(17-22)26(33)13-21(32)14-27(34)31-12-10-23(18-31)36-25-8-6-20(4-2)16-29-25/h5-8,15-16,21-23,32H,3-4,9-14,17-18H2,1-2H3. The maximum atomic E-state index is 12.7. The van der Waals surface area contributed by atoms with Crippen molar-refractivity contribution in [2.75, 3.05) is 26.2 Å². The van der Waals surface area contributed by atoms with Gasteiger partial charge >= 0.3 is 0 Å². The van der Waals surface area contributed by atoms with Gasteiger partial charge in [-0.05, 0) is 24.0 Å². The first kappa shape index (κ1) is 25.9. The van der Waals surface area contributed by atoms with Gasteiger partial charge in [-0.15, -0.1) is 0 Å². The molecule has 9 heteroatoms. The molecule has 2 atom stereocenters. The Hall–Kier alpha value is -3.20. The Kier molecular flexibility index (Phi) is 8.74. The zero-order chi connectivity index (χ0) is 25.5. The highest BCUT2D eigenvalue weighted by atomic mass is 16.5. The Labute approximate surface area is 212 Å². The predicted molar refractivity (Wildman–Crippen MR) is 134 cm³/mol. The molecule has 2 aliphatic rings. The molecule has 194 valence electrons. The average Bonchev–Trinajstić information content (AvgIpc) is 3.55. The number of carbonyl (C=O) groups is 2. The van der Waals surface area contributed by atoms with E-state index in [9.17, 15) is 14.7 Å². The second kappa shape index (κ2) is 12.2. The molecule has 0 radical (unpaired) electrons. The van der Waals surface area contributed by atoms with Crippen LogP contribution >= 0.6 is 0 Å². The molecule has 36 heavy (non-hydrogen) atoms. The molecule has 4 rings (SSSR count). The monoisotopic (exact) mass is 496 g/mol. The third kappa shape index (κ3) is 6.94. The van der Waals surface area contributed by atoms with Gasteiger partial charge in [0, 0.05) is 50.5 Å². The Balaban J connectivity index is 1.17. The van der Waals surface area contributed by atoms with Crippen LogP contribution in [0.2, 0.25) is 0 Å². The predicted octanol–water partition coefficient (Wildman–Crippen LogP) is 2.40. The smallest absolute Gasteiger partial charge is 0.225 e. The number of rotatable bonds is 10. The number of carbonyl (C=O) groups excluding carboxylic acids is 2. The van der Waals surface area contributed by atoms with Gasteiger partial charge < -0.3 is 24.4 Å². The molecule has 0 bridgehead atoms. The van der Waals surface area contributed by atoms with Crippen molar-refractivity contribution < 1.29 is 24.2 Å². The van der Waals surface area contributed by atoms with Gasteiger partial charge in [-0.1, -0.05) is 26.0 Å². The highest BCUT2D eigenvalue weighted by molar-refractivity contribution is 5.80. The van der Waals surface area contributed by atoms with Gasteiger partial charge in [0.15, 0.2) is 0 Å². The summed E-state index contributed by atoms with van der Waals surface area (Å²) in [4.78, 5) is 37.4. The average molecular weight is 497 g/mol. The van der Waals surface area contributed by atoms with Crippen molar-refractivity contribution in [3.63, 3.8) is 0 Å². The van der Waals surface area contributed by atoms with Crippen LogP contribution in [0.15, 0.2) is 36.7 Å². The minimum atomic E-state index is -1.02. The number of ether oxygens (including phenoxy) is 2. The topological polar surface area (TPSA) is 105 Å². The minimum Gasteiger partial charge on any atom is -0.472 e. The van der Waals surface area contributed by atoms with E-state index in [0.29, 0.717) is 50.8 Å². The maximum Gasteiger partial charge on any atom is 0.225 e. The maximum absolute atomic E-state index is 12.7. The minimum absolute atomic E-state index is 0.0800. The van der Waals surface area contributed by atoms with E-state index >= 15 is 0 Å². The Morgan fingerprint density at radius 3 is 1.67 bits per heavy atom. The van der Waals surface area contributed by atoms with Crippen molar-refractivity contribution in [1.29, 1.82) is 0 Å². The van der Waals surface area contributed by atoms with E-state index in [-0.39, 0.29) is 36.9 Å². The molecule has 0 aromatic carbocycles. The van der Waals surface area contributed by atoms with Crippen molar-refractivity contribution in [2.24, 2.45) is 0 Å². The fourth-order valence-corrected chi connectivity index (χ4v) is 4.56. The van der Waals surface area contributed by atoms with Gasteiger partial charge in [0.1, 0.15) is 12.2 Å². The molecule has 2 aromatic heterocycles. The lowest BCUT2D eigenvalue weighted by molar-refractivity contribution is -0.135. The molecule has 2 fully saturated rings. The van der Waals surface area contributed by atoms with Crippen LogP contribution in [0.3, 0.4) is 0 Å². The first-order valence-corrected chi connectivity index (χ1v) is 12.9. The normalized spacial score (nSPS) is 20.4. The van der Waals surface area contributed by atoms with E-state index in [1.807, 2.05) is 24.3 Å². The molecule has 9 nitrogen and oxygen atoms in total. The van der Waals surface area contributed by atoms with Crippen molar-refractivity contribution in [1.82, 2.24) is 19.8 Å². The van der Waals surface area contributed by atoms with Crippen LogP contribution in [0.25, 0.3) is 0 Å². The summed E-state index contributed by atoms with van der Waals surface area (Å²) in [7, 11) is 0. The van der Waals surface area contributed by atoms with E-state index in [4.69, 9.17) is 9.47 Å². The van der Waals surface area contributed by atoms with E-state index in [1.165, 1.54) is 0 Å². The van der Waals surface area contributed by atoms with Crippen molar-refractivity contribution in [3.8, 4) is 11.8 Å². The zero-order valence-corrected chi connectivity index (χ0v) is 21.1. The third-order valence-electron chi connectivity index (χ3n) is 6.80.